The van der Waals surface area contributed by atoms with Crippen LogP contribution in [0.2, 0.25) is 0 Å². The number of benzene rings is 1. The van der Waals surface area contributed by atoms with Gasteiger partial charge in [-0.1, -0.05) is 6.07 Å². The highest BCUT2D eigenvalue weighted by molar-refractivity contribution is 5.99. The lowest BCUT2D eigenvalue weighted by Gasteiger charge is -2.11. The number of hydrogen-bond donors (Lipinski definition) is 2. The Labute approximate surface area is 118 Å². The molecule has 0 aliphatic carbocycles. The summed E-state index contributed by atoms with van der Waals surface area (Å²) in [7, 11) is 3.14. The molecule has 1 rings (SSSR count). The predicted octanol–water partition coefficient (Wildman–Crippen LogP) is 0.484. The van der Waals surface area contributed by atoms with Crippen molar-refractivity contribution >= 4 is 11.8 Å². The molecule has 0 aliphatic heterocycles. The molecule has 0 radical (unpaired) electrons. The van der Waals surface area contributed by atoms with Crippen LogP contribution in [0.3, 0.4) is 0 Å². The molecule has 1 aromatic carbocycles. The normalized spacial score (nSPS) is 11.6. The fraction of sp³-hybridized carbons (Fsp3) is 0.429. The average Bonchev–Trinajstić information content (AvgIpc) is 2.45. The Kier molecular flexibility index (Phi) is 5.83. The van der Waals surface area contributed by atoms with Gasteiger partial charge in [-0.2, -0.15) is 0 Å². The van der Waals surface area contributed by atoms with Crippen molar-refractivity contribution in [2.45, 2.75) is 13.3 Å². The second kappa shape index (κ2) is 7.37. The van der Waals surface area contributed by atoms with Crippen molar-refractivity contribution in [3.63, 3.8) is 0 Å². The van der Waals surface area contributed by atoms with E-state index in [4.69, 9.17) is 15.2 Å². The van der Waals surface area contributed by atoms with E-state index < -0.39 is 11.8 Å². The Bertz CT molecular complexity index is 488. The SMILES string of the molecule is COc1ccc(CCNC(=O)C(C)C(N)=O)cc1OC. The molecule has 6 heteroatoms. The van der Waals surface area contributed by atoms with E-state index in [1.54, 1.807) is 14.2 Å². The van der Waals surface area contributed by atoms with Crippen molar-refractivity contribution in [2.75, 3.05) is 20.8 Å². The van der Waals surface area contributed by atoms with Crippen LogP contribution in [0.4, 0.5) is 0 Å². The summed E-state index contributed by atoms with van der Waals surface area (Å²) < 4.78 is 10.3. The molecule has 1 aromatic rings. The molecule has 1 atom stereocenters. The van der Waals surface area contributed by atoms with Gasteiger partial charge in [0, 0.05) is 6.54 Å². The van der Waals surface area contributed by atoms with Crippen LogP contribution in [-0.4, -0.2) is 32.6 Å². The maximum absolute atomic E-state index is 11.5. The van der Waals surface area contributed by atoms with E-state index in [0.29, 0.717) is 24.5 Å². The van der Waals surface area contributed by atoms with Gasteiger partial charge in [0.2, 0.25) is 11.8 Å². The Hall–Kier alpha value is -2.24. The van der Waals surface area contributed by atoms with Crippen LogP contribution >= 0.6 is 0 Å². The molecule has 0 fully saturated rings. The topological polar surface area (TPSA) is 90.6 Å². The summed E-state index contributed by atoms with van der Waals surface area (Å²) in [5.41, 5.74) is 6.05. The zero-order valence-corrected chi connectivity index (χ0v) is 11.9. The zero-order valence-electron chi connectivity index (χ0n) is 11.9. The first-order valence-electron chi connectivity index (χ1n) is 6.27. The van der Waals surface area contributed by atoms with Crippen LogP contribution < -0.4 is 20.5 Å². The summed E-state index contributed by atoms with van der Waals surface area (Å²) in [6, 6.07) is 5.55. The molecular weight excluding hydrogens is 260 g/mol. The highest BCUT2D eigenvalue weighted by Crippen LogP contribution is 2.27. The predicted molar refractivity (Wildman–Crippen MR) is 74.6 cm³/mol. The number of rotatable bonds is 7. The van der Waals surface area contributed by atoms with Gasteiger partial charge in [-0.05, 0) is 31.0 Å². The van der Waals surface area contributed by atoms with Gasteiger partial charge in [-0.25, -0.2) is 0 Å². The molecule has 0 aromatic heterocycles. The van der Waals surface area contributed by atoms with Gasteiger partial charge in [0.25, 0.3) is 0 Å². The van der Waals surface area contributed by atoms with Crippen molar-refractivity contribution in [3.05, 3.63) is 23.8 Å². The fourth-order valence-electron chi connectivity index (χ4n) is 1.65. The third kappa shape index (κ3) is 4.15. The van der Waals surface area contributed by atoms with E-state index in [9.17, 15) is 9.59 Å². The van der Waals surface area contributed by atoms with Gasteiger partial charge in [0.05, 0.1) is 14.2 Å². The number of carbonyl (C=O) groups is 2. The van der Waals surface area contributed by atoms with E-state index in [1.807, 2.05) is 18.2 Å². The van der Waals surface area contributed by atoms with Crippen molar-refractivity contribution in [1.82, 2.24) is 5.32 Å². The van der Waals surface area contributed by atoms with Gasteiger partial charge in [0.1, 0.15) is 5.92 Å². The second-order valence-electron chi connectivity index (χ2n) is 4.35. The Morgan fingerprint density at radius 3 is 2.45 bits per heavy atom. The molecule has 6 nitrogen and oxygen atoms in total. The third-order valence-electron chi connectivity index (χ3n) is 2.98. The molecule has 0 spiro atoms. The van der Waals surface area contributed by atoms with Crippen molar-refractivity contribution in [1.29, 1.82) is 0 Å². The first-order chi connectivity index (χ1) is 9.49. The Balaban J connectivity index is 2.54. The Morgan fingerprint density at radius 2 is 1.90 bits per heavy atom. The molecule has 3 N–H and O–H groups in total. The molecule has 20 heavy (non-hydrogen) atoms. The minimum atomic E-state index is -0.819. The lowest BCUT2D eigenvalue weighted by molar-refractivity contribution is -0.132. The van der Waals surface area contributed by atoms with Crippen LogP contribution in [0.1, 0.15) is 12.5 Å². The van der Waals surface area contributed by atoms with Crippen LogP contribution in [0, 0.1) is 5.92 Å². The summed E-state index contributed by atoms with van der Waals surface area (Å²) in [4.78, 5) is 22.4. The fourth-order valence-corrected chi connectivity index (χ4v) is 1.65. The molecule has 110 valence electrons. The number of amides is 2. The molecule has 0 aliphatic rings. The summed E-state index contributed by atoms with van der Waals surface area (Å²) >= 11 is 0. The number of ether oxygens (including phenoxy) is 2. The van der Waals surface area contributed by atoms with E-state index in [2.05, 4.69) is 5.32 Å². The number of nitrogens with one attached hydrogen (secondary N) is 1. The monoisotopic (exact) mass is 280 g/mol. The molecule has 1 unspecified atom stereocenters. The largest absolute Gasteiger partial charge is 0.493 e. The van der Waals surface area contributed by atoms with E-state index in [0.717, 1.165) is 5.56 Å². The lowest BCUT2D eigenvalue weighted by Crippen LogP contribution is -2.37. The molecule has 2 amide bonds. The number of primary amides is 1. The number of nitrogens with two attached hydrogens (primary N) is 1. The summed E-state index contributed by atoms with van der Waals surface area (Å²) in [5.74, 6) is -0.517. The maximum atomic E-state index is 11.5. The quantitative estimate of drug-likeness (QED) is 0.711. The van der Waals surface area contributed by atoms with Crippen LogP contribution in [0.5, 0.6) is 11.5 Å². The van der Waals surface area contributed by atoms with Gasteiger partial charge in [-0.15, -0.1) is 0 Å². The first-order valence-corrected chi connectivity index (χ1v) is 6.27. The highest BCUT2D eigenvalue weighted by atomic mass is 16.5. The third-order valence-corrected chi connectivity index (χ3v) is 2.98. The van der Waals surface area contributed by atoms with Gasteiger partial charge in [-0.3, -0.25) is 9.59 Å². The first kappa shape index (κ1) is 15.8. The number of hydrogen-bond acceptors (Lipinski definition) is 4. The maximum Gasteiger partial charge on any atom is 0.232 e. The van der Waals surface area contributed by atoms with Crippen molar-refractivity contribution in [2.24, 2.45) is 11.7 Å². The minimum absolute atomic E-state index is 0.363. The van der Waals surface area contributed by atoms with Crippen LogP contribution in [0.15, 0.2) is 18.2 Å². The minimum Gasteiger partial charge on any atom is -0.493 e. The smallest absolute Gasteiger partial charge is 0.232 e. The molecule has 0 saturated heterocycles. The van der Waals surface area contributed by atoms with Crippen LogP contribution in [0.25, 0.3) is 0 Å². The average molecular weight is 280 g/mol. The molecule has 0 saturated carbocycles. The summed E-state index contributed by atoms with van der Waals surface area (Å²) in [6.07, 6.45) is 0.623. The van der Waals surface area contributed by atoms with Crippen LogP contribution in [-0.2, 0) is 16.0 Å². The summed E-state index contributed by atoms with van der Waals surface area (Å²) in [6.45, 7) is 1.90. The standard InChI is InChI=1S/C14H20N2O4/c1-9(13(15)17)14(18)16-7-6-10-4-5-11(19-2)12(8-10)20-3/h4-5,8-9H,6-7H2,1-3H3,(H2,15,17)(H,16,18). The van der Waals surface area contributed by atoms with E-state index >= 15 is 0 Å². The molecule has 0 bridgehead atoms. The van der Waals surface area contributed by atoms with E-state index in [-0.39, 0.29) is 5.91 Å². The molecule has 0 heterocycles. The van der Waals surface area contributed by atoms with Gasteiger partial charge < -0.3 is 20.5 Å². The van der Waals surface area contributed by atoms with E-state index in [1.165, 1.54) is 6.92 Å². The number of carbonyl (C=O) groups excluding carboxylic acids is 2. The second-order valence-corrected chi connectivity index (χ2v) is 4.35. The van der Waals surface area contributed by atoms with Crippen molar-refractivity contribution < 1.29 is 19.1 Å². The van der Waals surface area contributed by atoms with Gasteiger partial charge in [0.15, 0.2) is 11.5 Å². The number of methoxy groups -OCH3 is 2. The highest BCUT2D eigenvalue weighted by Gasteiger charge is 2.17. The summed E-state index contributed by atoms with van der Waals surface area (Å²) in [5, 5.41) is 2.67. The zero-order chi connectivity index (χ0) is 15.1. The Morgan fingerprint density at radius 1 is 1.25 bits per heavy atom. The van der Waals surface area contributed by atoms with Gasteiger partial charge >= 0.3 is 0 Å². The van der Waals surface area contributed by atoms with Crippen molar-refractivity contribution in [3.8, 4) is 11.5 Å². The molecular formula is C14H20N2O4. The lowest BCUT2D eigenvalue weighted by atomic mass is 10.1.